The highest BCUT2D eigenvalue weighted by Gasteiger charge is 2.24. The Morgan fingerprint density at radius 1 is 0.739 bits per heavy atom. The summed E-state index contributed by atoms with van der Waals surface area (Å²) < 4.78 is 101. The van der Waals surface area contributed by atoms with Crippen LogP contribution in [0, 0.1) is 0 Å². The lowest BCUT2D eigenvalue weighted by molar-refractivity contribution is 0.274. The van der Waals surface area contributed by atoms with E-state index in [0.29, 0.717) is 12.7 Å². The molecule has 0 aliphatic rings. The molecular formula is C8H18O11S4. The molecule has 0 rings (SSSR count). The van der Waals surface area contributed by atoms with E-state index in [-0.39, 0.29) is 19.4 Å². The first-order valence-electron chi connectivity index (χ1n) is 6.15. The number of hydrogen-bond donors (Lipinski definition) is 0. The SMILES string of the molecule is CCCOS(=O)(=O)OS(=O)(=O)CCCCS(=O)(=O)OS(C)(=O)=O. The Hall–Kier alpha value is -0.320. The summed E-state index contributed by atoms with van der Waals surface area (Å²) in [5, 5.41) is 0. The lowest BCUT2D eigenvalue weighted by Gasteiger charge is -2.06. The first-order valence-corrected chi connectivity index (χ1v) is 12.5. The van der Waals surface area contributed by atoms with Crippen molar-refractivity contribution in [2.45, 2.75) is 26.2 Å². The molecule has 15 heteroatoms. The fourth-order valence-corrected chi connectivity index (χ4v) is 5.86. The van der Waals surface area contributed by atoms with Crippen LogP contribution in [-0.4, -0.2) is 58.0 Å². The zero-order valence-corrected chi connectivity index (χ0v) is 15.6. The molecular weight excluding hydrogens is 400 g/mol. The molecule has 0 spiro atoms. The molecule has 0 aromatic heterocycles. The molecule has 0 atom stereocenters. The van der Waals surface area contributed by atoms with E-state index >= 15 is 0 Å². The predicted molar refractivity (Wildman–Crippen MR) is 79.0 cm³/mol. The second kappa shape index (κ2) is 8.68. The number of rotatable bonds is 12. The van der Waals surface area contributed by atoms with Crippen molar-refractivity contribution in [1.29, 1.82) is 0 Å². The Labute approximate surface area is 136 Å². The van der Waals surface area contributed by atoms with E-state index in [4.69, 9.17) is 0 Å². The van der Waals surface area contributed by atoms with Gasteiger partial charge >= 0.3 is 10.4 Å². The van der Waals surface area contributed by atoms with Crippen molar-refractivity contribution < 1.29 is 45.1 Å². The summed E-state index contributed by atoms with van der Waals surface area (Å²) in [4.78, 5) is 0. The maximum atomic E-state index is 11.4. The van der Waals surface area contributed by atoms with Gasteiger partial charge in [-0.25, -0.2) is 4.18 Å². The van der Waals surface area contributed by atoms with E-state index in [2.05, 4.69) is 11.4 Å². The average Bonchev–Trinajstić information content (AvgIpc) is 2.28. The summed E-state index contributed by atoms with van der Waals surface area (Å²) in [6, 6.07) is 0. The van der Waals surface area contributed by atoms with Crippen LogP contribution < -0.4 is 0 Å². The minimum Gasteiger partial charge on any atom is -0.247 e. The van der Waals surface area contributed by atoms with E-state index in [0.717, 1.165) is 0 Å². The molecule has 11 nitrogen and oxygen atoms in total. The Bertz CT molecular complexity index is 773. The van der Waals surface area contributed by atoms with Crippen LogP contribution >= 0.6 is 0 Å². The third kappa shape index (κ3) is 12.7. The standard InChI is InChI=1S/C8H18O11S4/c1-3-6-17-23(15,16)19-22(13,14)8-5-4-7-21(11,12)18-20(2,9)10/h3-8H2,1-2H3. The molecule has 0 bridgehead atoms. The van der Waals surface area contributed by atoms with Crippen molar-refractivity contribution in [3.8, 4) is 0 Å². The van der Waals surface area contributed by atoms with Gasteiger partial charge in [0.15, 0.2) is 0 Å². The number of hydrogen-bond acceptors (Lipinski definition) is 11. The van der Waals surface area contributed by atoms with Gasteiger partial charge in [-0.05, 0) is 19.3 Å². The lowest BCUT2D eigenvalue weighted by atomic mass is 10.4. The molecule has 0 radical (unpaired) electrons. The Balaban J connectivity index is 4.42. The molecule has 0 aliphatic heterocycles. The molecule has 0 N–H and O–H groups in total. The fraction of sp³-hybridized carbons (Fsp3) is 1.00. The highest BCUT2D eigenvalue weighted by Crippen LogP contribution is 2.09. The zero-order chi connectivity index (χ0) is 18.4. The Kier molecular flexibility index (Phi) is 8.56. The topological polar surface area (TPSA) is 164 Å². The van der Waals surface area contributed by atoms with Gasteiger partial charge < -0.3 is 0 Å². The maximum absolute atomic E-state index is 11.4. The Morgan fingerprint density at radius 3 is 1.57 bits per heavy atom. The maximum Gasteiger partial charge on any atom is 0.414 e. The largest absolute Gasteiger partial charge is 0.414 e. The van der Waals surface area contributed by atoms with Gasteiger partial charge in [0.2, 0.25) is 0 Å². The summed E-state index contributed by atoms with van der Waals surface area (Å²) in [7, 11) is -17.8. The average molecular weight is 418 g/mol. The van der Waals surface area contributed by atoms with Gasteiger partial charge in [0, 0.05) is 0 Å². The first-order chi connectivity index (χ1) is 10.2. The molecule has 0 saturated carbocycles. The minimum atomic E-state index is -4.70. The summed E-state index contributed by atoms with van der Waals surface area (Å²) >= 11 is 0. The normalized spacial score (nSPS) is 14.0. The summed E-state index contributed by atoms with van der Waals surface area (Å²) in [5.41, 5.74) is 0. The minimum absolute atomic E-state index is 0.251. The van der Waals surface area contributed by atoms with Crippen LogP contribution in [0.2, 0.25) is 0 Å². The summed E-state index contributed by atoms with van der Waals surface area (Å²) in [6.45, 7) is 1.35. The van der Waals surface area contributed by atoms with Gasteiger partial charge in [-0.1, -0.05) is 6.92 Å². The molecule has 140 valence electrons. The molecule has 0 aromatic rings. The van der Waals surface area contributed by atoms with Gasteiger partial charge in [-0.15, -0.1) is 7.26 Å². The fourth-order valence-electron chi connectivity index (χ4n) is 1.15. The monoisotopic (exact) mass is 418 g/mol. The molecule has 23 heavy (non-hydrogen) atoms. The van der Waals surface area contributed by atoms with Crippen molar-refractivity contribution in [1.82, 2.24) is 0 Å². The van der Waals surface area contributed by atoms with Gasteiger partial charge in [0.25, 0.3) is 30.4 Å². The predicted octanol–water partition coefficient (Wildman–Crippen LogP) is -0.910. The lowest BCUT2D eigenvalue weighted by Crippen LogP contribution is -2.20. The van der Waals surface area contributed by atoms with Gasteiger partial charge in [0.05, 0.1) is 24.4 Å². The highest BCUT2D eigenvalue weighted by atomic mass is 32.3. The van der Waals surface area contributed by atoms with E-state index in [9.17, 15) is 33.7 Å². The van der Waals surface area contributed by atoms with Crippen LogP contribution in [0.3, 0.4) is 0 Å². The van der Waals surface area contributed by atoms with Gasteiger partial charge in [0.1, 0.15) is 0 Å². The Morgan fingerprint density at radius 2 is 1.17 bits per heavy atom. The van der Waals surface area contributed by atoms with Crippen molar-refractivity contribution in [3.05, 3.63) is 0 Å². The highest BCUT2D eigenvalue weighted by molar-refractivity contribution is 7.99. The molecule has 0 aliphatic carbocycles. The second-order valence-electron chi connectivity index (χ2n) is 4.30. The summed E-state index contributed by atoms with van der Waals surface area (Å²) in [6.07, 6.45) is 0.291. The van der Waals surface area contributed by atoms with Crippen molar-refractivity contribution >= 4 is 40.8 Å². The van der Waals surface area contributed by atoms with E-state index in [1.807, 2.05) is 0 Å². The smallest absolute Gasteiger partial charge is 0.247 e. The van der Waals surface area contributed by atoms with Crippen LogP contribution in [-0.2, 0) is 52.2 Å². The first kappa shape index (κ1) is 22.7. The van der Waals surface area contributed by atoms with Gasteiger partial charge in [-0.3, -0.25) is 0 Å². The van der Waals surface area contributed by atoms with Crippen LogP contribution in [0.1, 0.15) is 26.2 Å². The van der Waals surface area contributed by atoms with Crippen LogP contribution in [0.5, 0.6) is 0 Å². The van der Waals surface area contributed by atoms with Crippen molar-refractivity contribution in [2.24, 2.45) is 0 Å². The zero-order valence-electron chi connectivity index (χ0n) is 12.4. The van der Waals surface area contributed by atoms with Crippen molar-refractivity contribution in [3.63, 3.8) is 0 Å². The molecule has 0 heterocycles. The van der Waals surface area contributed by atoms with Crippen LogP contribution in [0.4, 0.5) is 0 Å². The number of unbranched alkanes of at least 4 members (excludes halogenated alkanes) is 1. The molecule has 0 fully saturated rings. The molecule has 0 unspecified atom stereocenters. The van der Waals surface area contributed by atoms with Crippen LogP contribution in [0.15, 0.2) is 0 Å². The molecule has 0 amide bonds. The van der Waals surface area contributed by atoms with E-state index in [1.54, 1.807) is 6.92 Å². The quantitative estimate of drug-likeness (QED) is 0.360. The third-order valence-corrected chi connectivity index (χ3v) is 7.23. The summed E-state index contributed by atoms with van der Waals surface area (Å²) in [5.74, 6) is -1.55. The van der Waals surface area contributed by atoms with Gasteiger partial charge in [-0.2, -0.15) is 33.7 Å². The van der Waals surface area contributed by atoms with E-state index in [1.165, 1.54) is 0 Å². The van der Waals surface area contributed by atoms with E-state index < -0.39 is 52.3 Å². The van der Waals surface area contributed by atoms with Crippen LogP contribution in [0.25, 0.3) is 0 Å². The second-order valence-corrected chi connectivity index (χ2v) is 10.9. The van der Waals surface area contributed by atoms with Crippen molar-refractivity contribution in [2.75, 3.05) is 24.4 Å². The molecule has 0 aromatic carbocycles. The third-order valence-electron chi connectivity index (χ3n) is 1.88. The molecule has 0 saturated heterocycles.